The maximum atomic E-state index is 13.4. The van der Waals surface area contributed by atoms with Crippen LogP contribution in [0, 0.1) is 16.3 Å². The first kappa shape index (κ1) is 16.4. The number of benzene rings is 2. The number of ether oxygens (including phenoxy) is 1. The highest BCUT2D eigenvalue weighted by molar-refractivity contribution is 14.1. The Bertz CT molecular complexity index is 718. The SMILES string of the molecule is Cc1ccc(C(=O)OCC(=O)Nc2cccc(I)c2)cc1F. The normalized spacial score (nSPS) is 10.1. The highest BCUT2D eigenvalue weighted by Gasteiger charge is 2.12. The van der Waals surface area contributed by atoms with E-state index in [0.29, 0.717) is 11.3 Å². The number of hydrogen-bond donors (Lipinski definition) is 1. The molecule has 0 radical (unpaired) electrons. The van der Waals surface area contributed by atoms with Crippen molar-refractivity contribution in [2.45, 2.75) is 6.92 Å². The molecule has 22 heavy (non-hydrogen) atoms. The van der Waals surface area contributed by atoms with Crippen molar-refractivity contribution in [1.82, 2.24) is 0 Å². The minimum atomic E-state index is -0.739. The lowest BCUT2D eigenvalue weighted by atomic mass is 10.1. The number of carbonyl (C=O) groups is 2. The summed E-state index contributed by atoms with van der Waals surface area (Å²) in [7, 11) is 0. The van der Waals surface area contributed by atoms with Crippen molar-refractivity contribution < 1.29 is 18.7 Å². The Balaban J connectivity index is 1.90. The van der Waals surface area contributed by atoms with E-state index in [1.54, 1.807) is 25.1 Å². The van der Waals surface area contributed by atoms with E-state index >= 15 is 0 Å². The van der Waals surface area contributed by atoms with Crippen LogP contribution in [0.15, 0.2) is 42.5 Å². The van der Waals surface area contributed by atoms with Crippen LogP contribution in [-0.4, -0.2) is 18.5 Å². The van der Waals surface area contributed by atoms with Crippen molar-refractivity contribution in [2.75, 3.05) is 11.9 Å². The Morgan fingerprint density at radius 2 is 2.00 bits per heavy atom. The van der Waals surface area contributed by atoms with Crippen molar-refractivity contribution in [3.05, 3.63) is 63.0 Å². The largest absolute Gasteiger partial charge is 0.452 e. The second-order valence-electron chi connectivity index (χ2n) is 4.60. The van der Waals surface area contributed by atoms with Crippen LogP contribution in [-0.2, 0) is 9.53 Å². The molecule has 2 aromatic rings. The van der Waals surface area contributed by atoms with Crippen LogP contribution in [0.5, 0.6) is 0 Å². The Kier molecular flexibility index (Phi) is 5.48. The molecule has 0 bridgehead atoms. The fourth-order valence-electron chi connectivity index (χ4n) is 1.70. The molecule has 0 saturated carbocycles. The molecule has 2 rings (SSSR count). The molecular formula is C16H13FINO3. The van der Waals surface area contributed by atoms with Gasteiger partial charge in [-0.2, -0.15) is 0 Å². The summed E-state index contributed by atoms with van der Waals surface area (Å²) in [5.41, 5.74) is 1.13. The van der Waals surface area contributed by atoms with Crippen molar-refractivity contribution >= 4 is 40.2 Å². The Morgan fingerprint density at radius 3 is 2.68 bits per heavy atom. The molecule has 0 saturated heterocycles. The number of aryl methyl sites for hydroxylation is 1. The van der Waals surface area contributed by atoms with Crippen LogP contribution in [0.4, 0.5) is 10.1 Å². The Morgan fingerprint density at radius 1 is 1.23 bits per heavy atom. The molecule has 4 nitrogen and oxygen atoms in total. The Labute approximate surface area is 140 Å². The van der Waals surface area contributed by atoms with Crippen LogP contribution >= 0.6 is 22.6 Å². The van der Waals surface area contributed by atoms with Crippen LogP contribution in [0.25, 0.3) is 0 Å². The second-order valence-corrected chi connectivity index (χ2v) is 5.84. The van der Waals surface area contributed by atoms with Gasteiger partial charge in [-0.05, 0) is 65.4 Å². The molecule has 114 valence electrons. The van der Waals surface area contributed by atoms with Gasteiger partial charge >= 0.3 is 5.97 Å². The molecule has 1 N–H and O–H groups in total. The molecule has 0 aliphatic heterocycles. The quantitative estimate of drug-likeness (QED) is 0.617. The first-order valence-electron chi connectivity index (χ1n) is 6.44. The van der Waals surface area contributed by atoms with Gasteiger partial charge in [-0.25, -0.2) is 9.18 Å². The van der Waals surface area contributed by atoms with E-state index in [9.17, 15) is 14.0 Å². The molecule has 0 atom stereocenters. The molecule has 1 amide bonds. The third-order valence-corrected chi connectivity index (χ3v) is 3.52. The van der Waals surface area contributed by atoms with Gasteiger partial charge in [0.15, 0.2) is 6.61 Å². The van der Waals surface area contributed by atoms with Gasteiger partial charge in [0, 0.05) is 9.26 Å². The lowest BCUT2D eigenvalue weighted by molar-refractivity contribution is -0.119. The fraction of sp³-hybridized carbons (Fsp3) is 0.125. The van der Waals surface area contributed by atoms with Gasteiger partial charge in [0.2, 0.25) is 0 Å². The van der Waals surface area contributed by atoms with E-state index in [1.165, 1.54) is 12.1 Å². The third-order valence-electron chi connectivity index (χ3n) is 2.85. The lowest BCUT2D eigenvalue weighted by Gasteiger charge is -2.07. The predicted octanol–water partition coefficient (Wildman–Crippen LogP) is 3.53. The molecule has 0 aliphatic rings. The van der Waals surface area contributed by atoms with E-state index in [0.717, 1.165) is 9.64 Å². The van der Waals surface area contributed by atoms with Crippen LogP contribution in [0.3, 0.4) is 0 Å². The molecule has 6 heteroatoms. The number of rotatable bonds is 4. The summed E-state index contributed by atoms with van der Waals surface area (Å²) in [5.74, 6) is -1.68. The molecule has 0 heterocycles. The summed E-state index contributed by atoms with van der Waals surface area (Å²) in [6.45, 7) is 1.17. The van der Waals surface area contributed by atoms with E-state index in [2.05, 4.69) is 27.9 Å². The maximum absolute atomic E-state index is 13.4. The van der Waals surface area contributed by atoms with Crippen molar-refractivity contribution in [2.24, 2.45) is 0 Å². The highest BCUT2D eigenvalue weighted by Crippen LogP contribution is 2.13. The number of halogens is 2. The summed E-state index contributed by atoms with van der Waals surface area (Å²) in [5, 5.41) is 2.62. The summed E-state index contributed by atoms with van der Waals surface area (Å²) in [6, 6.07) is 11.2. The molecule has 0 unspecified atom stereocenters. The minimum absolute atomic E-state index is 0.0742. The van der Waals surface area contributed by atoms with Crippen molar-refractivity contribution in [1.29, 1.82) is 0 Å². The zero-order chi connectivity index (χ0) is 16.1. The third kappa shape index (κ3) is 4.52. The van der Waals surface area contributed by atoms with E-state index in [-0.39, 0.29) is 5.56 Å². The summed E-state index contributed by atoms with van der Waals surface area (Å²) in [6.07, 6.45) is 0. The number of esters is 1. The monoisotopic (exact) mass is 413 g/mol. The standard InChI is InChI=1S/C16H13FINO3/c1-10-5-6-11(7-14(10)17)16(21)22-9-15(20)19-13-4-2-3-12(18)8-13/h2-8H,9H2,1H3,(H,19,20). The molecule has 2 aromatic carbocycles. The summed E-state index contributed by atoms with van der Waals surface area (Å²) < 4.78 is 19.2. The molecule has 0 aromatic heterocycles. The topological polar surface area (TPSA) is 55.4 Å². The maximum Gasteiger partial charge on any atom is 0.338 e. The summed E-state index contributed by atoms with van der Waals surface area (Å²) >= 11 is 2.13. The van der Waals surface area contributed by atoms with E-state index in [4.69, 9.17) is 4.74 Å². The number of carbonyl (C=O) groups excluding carboxylic acids is 2. The zero-order valence-corrected chi connectivity index (χ0v) is 13.9. The van der Waals surface area contributed by atoms with Crippen LogP contribution in [0.2, 0.25) is 0 Å². The van der Waals surface area contributed by atoms with Crippen LogP contribution in [0.1, 0.15) is 15.9 Å². The average molecular weight is 413 g/mol. The highest BCUT2D eigenvalue weighted by atomic mass is 127. The second kappa shape index (κ2) is 7.35. The van der Waals surface area contributed by atoms with Gasteiger partial charge in [-0.3, -0.25) is 4.79 Å². The van der Waals surface area contributed by atoms with Crippen LogP contribution < -0.4 is 5.32 Å². The average Bonchev–Trinajstić information content (AvgIpc) is 2.47. The lowest BCUT2D eigenvalue weighted by Crippen LogP contribution is -2.21. The molecule has 0 aliphatic carbocycles. The first-order chi connectivity index (χ1) is 10.5. The predicted molar refractivity (Wildman–Crippen MR) is 89.2 cm³/mol. The number of nitrogens with one attached hydrogen (secondary N) is 1. The van der Waals surface area contributed by atoms with Crippen molar-refractivity contribution in [3.63, 3.8) is 0 Å². The number of hydrogen-bond acceptors (Lipinski definition) is 3. The number of amides is 1. The fourth-order valence-corrected chi connectivity index (χ4v) is 2.24. The first-order valence-corrected chi connectivity index (χ1v) is 7.52. The van der Waals surface area contributed by atoms with Gasteiger partial charge in [-0.1, -0.05) is 12.1 Å². The minimum Gasteiger partial charge on any atom is -0.452 e. The zero-order valence-electron chi connectivity index (χ0n) is 11.7. The molecule has 0 spiro atoms. The Hall–Kier alpha value is -1.96. The summed E-state index contributed by atoms with van der Waals surface area (Å²) in [4.78, 5) is 23.5. The van der Waals surface area contributed by atoms with E-state index in [1.807, 2.05) is 6.07 Å². The molecule has 0 fully saturated rings. The van der Waals surface area contributed by atoms with Gasteiger partial charge in [-0.15, -0.1) is 0 Å². The smallest absolute Gasteiger partial charge is 0.338 e. The van der Waals surface area contributed by atoms with Gasteiger partial charge in [0.05, 0.1) is 5.56 Å². The van der Waals surface area contributed by atoms with Gasteiger partial charge in [0.25, 0.3) is 5.91 Å². The van der Waals surface area contributed by atoms with E-state index < -0.39 is 24.3 Å². The van der Waals surface area contributed by atoms with Gasteiger partial charge < -0.3 is 10.1 Å². The molecular weight excluding hydrogens is 400 g/mol. The van der Waals surface area contributed by atoms with Gasteiger partial charge in [0.1, 0.15) is 5.82 Å². The number of anilines is 1. The van der Waals surface area contributed by atoms with Crippen molar-refractivity contribution in [3.8, 4) is 0 Å².